The average Bonchev–Trinajstić information content (AvgIpc) is 2.27. The van der Waals surface area contributed by atoms with Crippen molar-refractivity contribution in [2.45, 2.75) is 51.6 Å². The van der Waals surface area contributed by atoms with Gasteiger partial charge in [-0.05, 0) is 42.4 Å². The highest BCUT2D eigenvalue weighted by Gasteiger charge is 2.49. The van der Waals surface area contributed by atoms with Gasteiger partial charge < -0.3 is 5.32 Å². The van der Waals surface area contributed by atoms with E-state index in [9.17, 15) is 0 Å². The first-order valence-corrected chi connectivity index (χ1v) is 7.88. The number of piperidine rings is 1. The summed E-state index contributed by atoms with van der Waals surface area (Å²) in [6.45, 7) is 11.1. The number of rotatable bonds is 2. The fraction of sp³-hybridized carbons (Fsp3) is 0.529. The van der Waals surface area contributed by atoms with Gasteiger partial charge in [0.2, 0.25) is 0 Å². The first-order chi connectivity index (χ1) is 8.90. The molecule has 3 atom stereocenters. The lowest BCUT2D eigenvalue weighted by atomic mass is 9.58. The molecule has 0 amide bonds. The Morgan fingerprint density at radius 3 is 2.89 bits per heavy atom. The van der Waals surface area contributed by atoms with Crippen molar-refractivity contribution >= 4 is 15.9 Å². The first kappa shape index (κ1) is 13.4. The molecule has 1 nitrogen and oxygen atoms in total. The van der Waals surface area contributed by atoms with Crippen molar-refractivity contribution in [3.8, 4) is 0 Å². The molecule has 0 saturated carbocycles. The van der Waals surface area contributed by atoms with Crippen LogP contribution in [0.3, 0.4) is 0 Å². The van der Waals surface area contributed by atoms with Crippen LogP contribution in [0.25, 0.3) is 0 Å². The minimum absolute atomic E-state index is 0.354. The van der Waals surface area contributed by atoms with Crippen molar-refractivity contribution in [1.29, 1.82) is 0 Å². The molecule has 1 aromatic carbocycles. The van der Waals surface area contributed by atoms with Crippen LogP contribution in [0.4, 0.5) is 0 Å². The Hall–Kier alpha value is -0.600. The van der Waals surface area contributed by atoms with Crippen molar-refractivity contribution in [3.63, 3.8) is 0 Å². The number of nitrogens with one attached hydrogen (secondary N) is 1. The molecule has 0 spiro atoms. The molecule has 102 valence electrons. The summed E-state index contributed by atoms with van der Waals surface area (Å²) in [5.74, 6) is 0.569. The molecule has 1 aromatic rings. The number of hydrogen-bond acceptors (Lipinski definition) is 1. The standard InChI is InChI=1S/C17H22BrN/c1-10(2)8-13-16-15-11(6-5-7-12(15)18)14(19-13)9-17(16,3)4/h5-7,13-14,16,19H,1,8-9H2,2-4H3/t13-,14-,16+/m1/s1. The lowest BCUT2D eigenvalue weighted by Crippen LogP contribution is -2.54. The van der Waals surface area contributed by atoms with Crippen LogP contribution >= 0.6 is 15.9 Å². The SMILES string of the molecule is C=C(C)C[C@H]1N[C@@H]2CC(C)(C)[C@@H]1c1c(Br)cccc12. The summed E-state index contributed by atoms with van der Waals surface area (Å²) in [5, 5.41) is 3.84. The van der Waals surface area contributed by atoms with Gasteiger partial charge in [0.05, 0.1) is 0 Å². The zero-order valence-electron chi connectivity index (χ0n) is 12.0. The van der Waals surface area contributed by atoms with Crippen LogP contribution in [-0.4, -0.2) is 6.04 Å². The molecule has 1 N–H and O–H groups in total. The van der Waals surface area contributed by atoms with Crippen molar-refractivity contribution < 1.29 is 0 Å². The van der Waals surface area contributed by atoms with Crippen molar-refractivity contribution in [2.75, 3.05) is 0 Å². The Kier molecular flexibility index (Phi) is 3.14. The predicted molar refractivity (Wildman–Crippen MR) is 84.4 cm³/mol. The van der Waals surface area contributed by atoms with Gasteiger partial charge in [-0.2, -0.15) is 0 Å². The Bertz CT molecular complexity index is 532. The van der Waals surface area contributed by atoms with E-state index in [4.69, 9.17) is 0 Å². The molecule has 2 heteroatoms. The van der Waals surface area contributed by atoms with E-state index < -0.39 is 0 Å². The van der Waals surface area contributed by atoms with Crippen molar-refractivity contribution in [2.24, 2.45) is 5.41 Å². The highest BCUT2D eigenvalue weighted by Crippen LogP contribution is 2.57. The minimum atomic E-state index is 0.354. The van der Waals surface area contributed by atoms with Crippen LogP contribution in [0.15, 0.2) is 34.8 Å². The third-order valence-electron chi connectivity index (χ3n) is 4.73. The molecule has 19 heavy (non-hydrogen) atoms. The molecule has 1 saturated heterocycles. The van der Waals surface area contributed by atoms with Gasteiger partial charge in [0.25, 0.3) is 0 Å². The maximum atomic E-state index is 4.11. The number of benzene rings is 1. The summed E-state index contributed by atoms with van der Waals surface area (Å²) in [6, 6.07) is 7.66. The maximum Gasteiger partial charge on any atom is 0.0331 e. The Morgan fingerprint density at radius 2 is 2.21 bits per heavy atom. The Balaban J connectivity index is 2.11. The average molecular weight is 320 g/mol. The second-order valence-electron chi connectivity index (χ2n) is 6.90. The van der Waals surface area contributed by atoms with Gasteiger partial charge >= 0.3 is 0 Å². The van der Waals surface area contributed by atoms with Crippen LogP contribution in [0.1, 0.15) is 56.7 Å². The largest absolute Gasteiger partial charge is 0.306 e. The van der Waals surface area contributed by atoms with E-state index in [0.717, 1.165) is 6.42 Å². The molecule has 2 heterocycles. The van der Waals surface area contributed by atoms with Crippen LogP contribution in [-0.2, 0) is 0 Å². The van der Waals surface area contributed by atoms with Gasteiger partial charge in [0.15, 0.2) is 0 Å². The second-order valence-corrected chi connectivity index (χ2v) is 7.75. The van der Waals surface area contributed by atoms with E-state index in [0.29, 0.717) is 23.4 Å². The van der Waals surface area contributed by atoms with Gasteiger partial charge in [-0.15, -0.1) is 6.58 Å². The molecule has 1 aliphatic carbocycles. The summed E-state index contributed by atoms with van der Waals surface area (Å²) in [5.41, 5.74) is 4.66. The van der Waals surface area contributed by atoms with Crippen molar-refractivity contribution in [1.82, 2.24) is 5.32 Å². The van der Waals surface area contributed by atoms with E-state index >= 15 is 0 Å². The highest BCUT2D eigenvalue weighted by molar-refractivity contribution is 9.10. The van der Waals surface area contributed by atoms with E-state index in [1.54, 1.807) is 0 Å². The number of hydrogen-bond donors (Lipinski definition) is 1. The predicted octanol–water partition coefficient (Wildman–Crippen LogP) is 4.94. The summed E-state index contributed by atoms with van der Waals surface area (Å²) < 4.78 is 1.28. The summed E-state index contributed by atoms with van der Waals surface area (Å²) in [6.07, 6.45) is 2.30. The molecule has 4 rings (SSSR count). The van der Waals surface area contributed by atoms with E-state index in [1.807, 2.05) is 0 Å². The molecule has 0 unspecified atom stereocenters. The van der Waals surface area contributed by atoms with Gasteiger partial charge in [0.1, 0.15) is 0 Å². The summed E-state index contributed by atoms with van der Waals surface area (Å²) >= 11 is 3.78. The normalized spacial score (nSPS) is 31.1. The molecule has 0 aromatic heterocycles. The number of halogens is 1. The molecule has 2 bridgehead atoms. The zero-order valence-corrected chi connectivity index (χ0v) is 13.5. The van der Waals surface area contributed by atoms with E-state index in [1.165, 1.54) is 27.6 Å². The fourth-order valence-corrected chi connectivity index (χ4v) is 4.77. The van der Waals surface area contributed by atoms with Crippen LogP contribution in [0, 0.1) is 5.41 Å². The van der Waals surface area contributed by atoms with Crippen LogP contribution in [0.2, 0.25) is 0 Å². The zero-order chi connectivity index (χ0) is 13.8. The molecular formula is C17H22BrN. The lowest BCUT2D eigenvalue weighted by molar-refractivity contribution is 0.103. The van der Waals surface area contributed by atoms with Crippen molar-refractivity contribution in [3.05, 3.63) is 46.0 Å². The molecule has 2 aliphatic heterocycles. The Morgan fingerprint density at radius 1 is 1.47 bits per heavy atom. The highest BCUT2D eigenvalue weighted by atomic mass is 79.9. The summed E-state index contributed by atoms with van der Waals surface area (Å²) in [4.78, 5) is 0. The van der Waals surface area contributed by atoms with Gasteiger partial charge in [-0.3, -0.25) is 0 Å². The van der Waals surface area contributed by atoms with Gasteiger partial charge in [-0.25, -0.2) is 0 Å². The minimum Gasteiger partial charge on any atom is -0.306 e. The smallest absolute Gasteiger partial charge is 0.0331 e. The third kappa shape index (κ3) is 2.09. The number of fused-ring (bicyclic) bond motifs is 2. The molecule has 0 radical (unpaired) electrons. The fourth-order valence-electron chi connectivity index (χ4n) is 4.14. The quantitative estimate of drug-likeness (QED) is 0.761. The lowest BCUT2D eigenvalue weighted by Gasteiger charge is -2.54. The summed E-state index contributed by atoms with van der Waals surface area (Å²) in [7, 11) is 0. The monoisotopic (exact) mass is 319 g/mol. The molecule has 3 aliphatic rings. The molecular weight excluding hydrogens is 298 g/mol. The Labute approximate surface area is 124 Å². The van der Waals surface area contributed by atoms with Crippen LogP contribution in [0.5, 0.6) is 0 Å². The first-order valence-electron chi connectivity index (χ1n) is 7.09. The maximum absolute atomic E-state index is 4.11. The van der Waals surface area contributed by atoms with E-state index in [2.05, 4.69) is 66.8 Å². The molecule has 1 fully saturated rings. The third-order valence-corrected chi connectivity index (χ3v) is 5.42. The van der Waals surface area contributed by atoms with Gasteiger partial charge in [-0.1, -0.05) is 47.5 Å². The van der Waals surface area contributed by atoms with Gasteiger partial charge in [0, 0.05) is 22.5 Å². The van der Waals surface area contributed by atoms with E-state index in [-0.39, 0.29) is 0 Å². The second kappa shape index (κ2) is 4.46. The van der Waals surface area contributed by atoms with Crippen LogP contribution < -0.4 is 5.32 Å². The topological polar surface area (TPSA) is 12.0 Å².